The summed E-state index contributed by atoms with van der Waals surface area (Å²) in [5.74, 6) is 0.278. The van der Waals surface area contributed by atoms with E-state index in [-0.39, 0.29) is 5.92 Å². The third kappa shape index (κ3) is 2.22. The van der Waals surface area contributed by atoms with Crippen LogP contribution in [-0.4, -0.2) is 23.0 Å². The Hall–Kier alpha value is -0.550. The van der Waals surface area contributed by atoms with Crippen LogP contribution in [0.1, 0.15) is 40.5 Å². The summed E-state index contributed by atoms with van der Waals surface area (Å²) >= 11 is 0. The molecule has 0 amide bonds. The fourth-order valence-corrected chi connectivity index (χ4v) is 2.72. The first-order chi connectivity index (χ1) is 6.06. The Bertz CT molecular complexity index is 193. The molecule has 0 saturated carbocycles. The van der Waals surface area contributed by atoms with Crippen molar-refractivity contribution in [1.29, 1.82) is 5.26 Å². The van der Waals surface area contributed by atoms with Crippen LogP contribution in [-0.2, 0) is 0 Å². The number of hydrogen-bond donors (Lipinski definition) is 0. The third-order valence-electron chi connectivity index (χ3n) is 3.05. The lowest BCUT2D eigenvalue weighted by Crippen LogP contribution is -2.49. The van der Waals surface area contributed by atoms with Gasteiger partial charge >= 0.3 is 0 Å². The lowest BCUT2D eigenvalue weighted by atomic mass is 9.87. The van der Waals surface area contributed by atoms with Crippen LogP contribution in [0.4, 0.5) is 0 Å². The maximum absolute atomic E-state index is 8.88. The standard InChI is InChI=1S/C11H20N2/c1-8(2)13-9(3)5-11(7-12)6-10(13)4/h8-11H,5-6H2,1-4H3. The van der Waals surface area contributed by atoms with E-state index in [2.05, 4.69) is 38.7 Å². The van der Waals surface area contributed by atoms with E-state index >= 15 is 0 Å². The molecule has 0 bridgehead atoms. The fraction of sp³-hybridized carbons (Fsp3) is 0.909. The van der Waals surface area contributed by atoms with E-state index in [0.29, 0.717) is 18.1 Å². The summed E-state index contributed by atoms with van der Waals surface area (Å²) in [6.45, 7) is 8.94. The highest BCUT2D eigenvalue weighted by molar-refractivity contribution is 4.94. The summed E-state index contributed by atoms with van der Waals surface area (Å²) in [7, 11) is 0. The van der Waals surface area contributed by atoms with E-state index in [1.165, 1.54) is 0 Å². The van der Waals surface area contributed by atoms with Crippen molar-refractivity contribution in [2.24, 2.45) is 5.92 Å². The minimum absolute atomic E-state index is 0.278. The molecule has 0 aromatic heterocycles. The van der Waals surface area contributed by atoms with Crippen LogP contribution in [0.2, 0.25) is 0 Å². The molecule has 1 fully saturated rings. The molecule has 0 N–H and O–H groups in total. The Morgan fingerprint density at radius 3 is 2.00 bits per heavy atom. The zero-order chi connectivity index (χ0) is 10.0. The third-order valence-corrected chi connectivity index (χ3v) is 3.05. The molecule has 2 nitrogen and oxygen atoms in total. The normalized spacial score (nSPS) is 36.2. The molecule has 74 valence electrons. The molecule has 1 saturated heterocycles. The molecule has 0 aliphatic carbocycles. The Morgan fingerprint density at radius 1 is 1.23 bits per heavy atom. The predicted octanol–water partition coefficient (Wildman–Crippen LogP) is 2.41. The number of nitrogens with zero attached hydrogens (tertiary/aromatic N) is 2. The molecule has 1 rings (SSSR count). The summed E-state index contributed by atoms with van der Waals surface area (Å²) in [6.07, 6.45) is 2.08. The average Bonchev–Trinajstić information content (AvgIpc) is 2.02. The summed E-state index contributed by atoms with van der Waals surface area (Å²) in [5, 5.41) is 8.88. The second-order valence-corrected chi connectivity index (χ2v) is 4.54. The number of nitriles is 1. The van der Waals surface area contributed by atoms with Crippen LogP contribution in [0, 0.1) is 17.2 Å². The quantitative estimate of drug-likeness (QED) is 0.619. The van der Waals surface area contributed by atoms with Crippen LogP contribution < -0.4 is 0 Å². The predicted molar refractivity (Wildman–Crippen MR) is 54.2 cm³/mol. The van der Waals surface area contributed by atoms with Crippen LogP contribution in [0.5, 0.6) is 0 Å². The maximum Gasteiger partial charge on any atom is 0.0657 e. The molecule has 0 spiro atoms. The molecule has 13 heavy (non-hydrogen) atoms. The molecule has 0 radical (unpaired) electrons. The second-order valence-electron chi connectivity index (χ2n) is 4.54. The first kappa shape index (κ1) is 10.5. The van der Waals surface area contributed by atoms with Gasteiger partial charge in [0.15, 0.2) is 0 Å². The monoisotopic (exact) mass is 180 g/mol. The topological polar surface area (TPSA) is 27.0 Å². The van der Waals surface area contributed by atoms with Crippen molar-refractivity contribution in [2.75, 3.05) is 0 Å². The Morgan fingerprint density at radius 2 is 1.69 bits per heavy atom. The van der Waals surface area contributed by atoms with Gasteiger partial charge in [0, 0.05) is 24.0 Å². The van der Waals surface area contributed by atoms with E-state index in [0.717, 1.165) is 12.8 Å². The fourth-order valence-electron chi connectivity index (χ4n) is 2.72. The highest BCUT2D eigenvalue weighted by atomic mass is 15.2. The largest absolute Gasteiger partial charge is 0.296 e. The SMILES string of the molecule is CC(C)N1C(C)CC(C#N)CC1C. The van der Waals surface area contributed by atoms with Gasteiger partial charge in [0.25, 0.3) is 0 Å². The first-order valence-corrected chi connectivity index (χ1v) is 5.23. The summed E-state index contributed by atoms with van der Waals surface area (Å²) in [6, 6.07) is 4.13. The molecule has 1 heterocycles. The molecule has 1 aliphatic rings. The van der Waals surface area contributed by atoms with Gasteiger partial charge in [-0.15, -0.1) is 0 Å². The van der Waals surface area contributed by atoms with Gasteiger partial charge in [-0.1, -0.05) is 0 Å². The number of rotatable bonds is 1. The number of piperidine rings is 1. The maximum atomic E-state index is 8.88. The summed E-state index contributed by atoms with van der Waals surface area (Å²) < 4.78 is 0. The smallest absolute Gasteiger partial charge is 0.0657 e. The minimum Gasteiger partial charge on any atom is -0.296 e. The molecule has 2 atom stereocenters. The zero-order valence-corrected chi connectivity index (χ0v) is 9.12. The number of likely N-dealkylation sites (tertiary alicyclic amines) is 1. The van der Waals surface area contributed by atoms with Crippen LogP contribution in [0.25, 0.3) is 0 Å². The molecule has 0 aromatic carbocycles. The van der Waals surface area contributed by atoms with E-state index < -0.39 is 0 Å². The van der Waals surface area contributed by atoms with Gasteiger partial charge in [-0.25, -0.2) is 0 Å². The zero-order valence-electron chi connectivity index (χ0n) is 9.12. The van der Waals surface area contributed by atoms with Gasteiger partial charge in [-0.05, 0) is 40.5 Å². The molecule has 1 aliphatic heterocycles. The lowest BCUT2D eigenvalue weighted by Gasteiger charge is -2.43. The van der Waals surface area contributed by atoms with Crippen molar-refractivity contribution in [3.8, 4) is 6.07 Å². The summed E-state index contributed by atoms with van der Waals surface area (Å²) in [4.78, 5) is 2.52. The van der Waals surface area contributed by atoms with Crippen molar-refractivity contribution in [1.82, 2.24) is 4.90 Å². The van der Waals surface area contributed by atoms with Crippen LogP contribution >= 0.6 is 0 Å². The van der Waals surface area contributed by atoms with Crippen molar-refractivity contribution in [3.05, 3.63) is 0 Å². The molecular weight excluding hydrogens is 160 g/mol. The van der Waals surface area contributed by atoms with Gasteiger partial charge in [-0.3, -0.25) is 4.90 Å². The van der Waals surface area contributed by atoms with Gasteiger partial charge < -0.3 is 0 Å². The Kier molecular flexibility index (Phi) is 3.33. The van der Waals surface area contributed by atoms with Crippen LogP contribution in [0.15, 0.2) is 0 Å². The molecule has 0 aromatic rings. The average molecular weight is 180 g/mol. The highest BCUT2D eigenvalue weighted by Gasteiger charge is 2.31. The molecule has 2 heteroatoms. The Labute approximate surface area is 81.5 Å². The van der Waals surface area contributed by atoms with Gasteiger partial charge in [-0.2, -0.15) is 5.26 Å². The van der Waals surface area contributed by atoms with E-state index in [1.807, 2.05) is 0 Å². The first-order valence-electron chi connectivity index (χ1n) is 5.23. The van der Waals surface area contributed by atoms with Gasteiger partial charge in [0.1, 0.15) is 0 Å². The van der Waals surface area contributed by atoms with Crippen molar-refractivity contribution in [3.63, 3.8) is 0 Å². The Balaban J connectivity index is 2.65. The lowest BCUT2D eigenvalue weighted by molar-refractivity contribution is 0.0549. The van der Waals surface area contributed by atoms with Gasteiger partial charge in [0.2, 0.25) is 0 Å². The second kappa shape index (κ2) is 4.11. The van der Waals surface area contributed by atoms with Gasteiger partial charge in [0.05, 0.1) is 6.07 Å². The highest BCUT2D eigenvalue weighted by Crippen LogP contribution is 2.28. The van der Waals surface area contributed by atoms with E-state index in [4.69, 9.17) is 5.26 Å². The number of hydrogen-bond acceptors (Lipinski definition) is 2. The molecule has 2 unspecified atom stereocenters. The van der Waals surface area contributed by atoms with Crippen LogP contribution in [0.3, 0.4) is 0 Å². The van der Waals surface area contributed by atoms with Crippen molar-refractivity contribution >= 4 is 0 Å². The van der Waals surface area contributed by atoms with E-state index in [9.17, 15) is 0 Å². The van der Waals surface area contributed by atoms with Crippen molar-refractivity contribution in [2.45, 2.75) is 58.7 Å². The summed E-state index contributed by atoms with van der Waals surface area (Å²) in [5.41, 5.74) is 0. The van der Waals surface area contributed by atoms with Crippen molar-refractivity contribution < 1.29 is 0 Å². The van der Waals surface area contributed by atoms with E-state index in [1.54, 1.807) is 0 Å². The molecular formula is C11H20N2. The minimum atomic E-state index is 0.278.